The van der Waals surface area contributed by atoms with E-state index >= 15 is 0 Å². The van der Waals surface area contributed by atoms with Gasteiger partial charge >= 0.3 is 0 Å². The summed E-state index contributed by atoms with van der Waals surface area (Å²) in [7, 11) is 0. The molecule has 0 atom stereocenters. The molecule has 0 aliphatic carbocycles. The second kappa shape index (κ2) is 7.42. The summed E-state index contributed by atoms with van der Waals surface area (Å²) in [5.41, 5.74) is 3.80. The first-order valence-corrected chi connectivity index (χ1v) is 8.31. The Morgan fingerprint density at radius 3 is 2.85 bits per heavy atom. The molecule has 1 aliphatic rings. The van der Waals surface area contributed by atoms with Gasteiger partial charge in [-0.15, -0.1) is 10.2 Å². The lowest BCUT2D eigenvalue weighted by Gasteiger charge is -2.01. The minimum atomic E-state index is -0.403. The van der Waals surface area contributed by atoms with E-state index in [1.165, 1.54) is 11.0 Å². The summed E-state index contributed by atoms with van der Waals surface area (Å²) in [5.74, 6) is 1.19. The highest BCUT2D eigenvalue weighted by molar-refractivity contribution is 6.33. The molecule has 0 bridgehead atoms. The van der Waals surface area contributed by atoms with Crippen LogP contribution in [0.2, 0.25) is 5.02 Å². The van der Waals surface area contributed by atoms with E-state index in [0.29, 0.717) is 27.9 Å². The zero-order valence-corrected chi connectivity index (χ0v) is 14.6. The molecular weight excluding hydrogens is 372 g/mol. The predicted molar refractivity (Wildman–Crippen MR) is 96.6 cm³/mol. The maximum Gasteiger partial charge on any atom is 0.263 e. The van der Waals surface area contributed by atoms with Crippen molar-refractivity contribution in [3.63, 3.8) is 0 Å². The molecule has 4 rings (SSSR count). The van der Waals surface area contributed by atoms with Crippen molar-refractivity contribution in [1.82, 2.24) is 25.6 Å². The van der Waals surface area contributed by atoms with E-state index in [1.54, 1.807) is 12.1 Å². The number of aromatic nitrogens is 4. The number of fused-ring (bicyclic) bond motifs is 1. The summed E-state index contributed by atoms with van der Waals surface area (Å²) >= 11 is 6.14. The number of nitrogens with one attached hydrogen (secondary N) is 1. The van der Waals surface area contributed by atoms with Gasteiger partial charge in [0.15, 0.2) is 11.5 Å². The Kier molecular flexibility index (Phi) is 4.67. The first-order chi connectivity index (χ1) is 13.2. The van der Waals surface area contributed by atoms with Gasteiger partial charge in [0.05, 0.1) is 11.2 Å². The number of amides is 1. The van der Waals surface area contributed by atoms with Crippen LogP contribution < -0.4 is 14.9 Å². The number of hydrogen-bond donors (Lipinski definition) is 1. The van der Waals surface area contributed by atoms with E-state index < -0.39 is 5.91 Å². The monoisotopic (exact) mass is 384 g/mol. The molecule has 136 valence electrons. The van der Waals surface area contributed by atoms with Gasteiger partial charge in [-0.25, -0.2) is 5.43 Å². The van der Waals surface area contributed by atoms with Crippen LogP contribution in [0.3, 0.4) is 0 Å². The molecule has 10 heteroatoms. The van der Waals surface area contributed by atoms with Crippen molar-refractivity contribution in [1.29, 1.82) is 0 Å². The largest absolute Gasteiger partial charge is 0.454 e. The van der Waals surface area contributed by atoms with Gasteiger partial charge in [-0.05, 0) is 11.3 Å². The number of tetrazole rings is 1. The Morgan fingerprint density at radius 1 is 1.26 bits per heavy atom. The molecule has 2 heterocycles. The zero-order valence-electron chi connectivity index (χ0n) is 13.9. The quantitative estimate of drug-likeness (QED) is 0.532. The molecule has 0 saturated carbocycles. The van der Waals surface area contributed by atoms with Crippen LogP contribution in [0.4, 0.5) is 0 Å². The van der Waals surface area contributed by atoms with Crippen molar-refractivity contribution in [2.24, 2.45) is 5.10 Å². The van der Waals surface area contributed by atoms with Crippen LogP contribution in [0.15, 0.2) is 47.6 Å². The molecule has 2 aromatic carbocycles. The second-order valence-corrected chi connectivity index (χ2v) is 5.94. The van der Waals surface area contributed by atoms with Crippen molar-refractivity contribution in [2.45, 2.75) is 6.54 Å². The number of benzene rings is 2. The van der Waals surface area contributed by atoms with E-state index in [1.807, 2.05) is 30.3 Å². The highest BCUT2D eigenvalue weighted by atomic mass is 35.5. The Labute approximate surface area is 158 Å². The van der Waals surface area contributed by atoms with Gasteiger partial charge in [-0.3, -0.25) is 4.79 Å². The van der Waals surface area contributed by atoms with E-state index in [4.69, 9.17) is 21.1 Å². The molecule has 1 amide bonds. The molecular formula is C17H13ClN6O3. The van der Waals surface area contributed by atoms with Gasteiger partial charge in [0.25, 0.3) is 5.91 Å². The van der Waals surface area contributed by atoms with Gasteiger partial charge in [0.1, 0.15) is 6.54 Å². The van der Waals surface area contributed by atoms with Crippen molar-refractivity contribution in [3.05, 3.63) is 53.1 Å². The highest BCUT2D eigenvalue weighted by Crippen LogP contribution is 2.36. The summed E-state index contributed by atoms with van der Waals surface area (Å²) in [6.07, 6.45) is 1.42. The molecule has 1 aromatic heterocycles. The topological polar surface area (TPSA) is 104 Å². The van der Waals surface area contributed by atoms with Gasteiger partial charge in [-0.2, -0.15) is 9.90 Å². The number of carbonyl (C=O) groups excluding carboxylic acids is 1. The number of halogens is 1. The normalized spacial score (nSPS) is 12.5. The third-order valence-electron chi connectivity index (χ3n) is 3.65. The number of rotatable bonds is 5. The molecule has 0 saturated heterocycles. The first kappa shape index (κ1) is 17.0. The molecule has 0 radical (unpaired) electrons. The van der Waals surface area contributed by atoms with E-state index in [-0.39, 0.29) is 13.3 Å². The van der Waals surface area contributed by atoms with E-state index in [9.17, 15) is 4.79 Å². The van der Waals surface area contributed by atoms with E-state index in [0.717, 1.165) is 5.56 Å². The Bertz CT molecular complexity index is 1010. The first-order valence-electron chi connectivity index (χ1n) is 7.93. The van der Waals surface area contributed by atoms with Crippen LogP contribution in [0.25, 0.3) is 11.4 Å². The number of nitrogens with zero attached hydrogens (tertiary/aromatic N) is 5. The average Bonchev–Trinajstić information content (AvgIpc) is 3.32. The summed E-state index contributed by atoms with van der Waals surface area (Å²) in [6, 6.07) is 12.7. The second-order valence-electron chi connectivity index (χ2n) is 5.53. The van der Waals surface area contributed by atoms with Crippen LogP contribution in [-0.4, -0.2) is 39.1 Å². The average molecular weight is 385 g/mol. The molecule has 27 heavy (non-hydrogen) atoms. The van der Waals surface area contributed by atoms with Gasteiger partial charge in [-0.1, -0.05) is 41.9 Å². The summed E-state index contributed by atoms with van der Waals surface area (Å²) < 4.78 is 10.5. The third kappa shape index (κ3) is 3.87. The number of ether oxygens (including phenoxy) is 2. The summed E-state index contributed by atoms with van der Waals surface area (Å²) in [5, 5.41) is 16.3. The Morgan fingerprint density at radius 2 is 2.04 bits per heavy atom. The van der Waals surface area contributed by atoms with Crippen LogP contribution in [0, 0.1) is 0 Å². The lowest BCUT2D eigenvalue weighted by molar-refractivity contribution is -0.122. The zero-order chi connectivity index (χ0) is 18.6. The van der Waals surface area contributed by atoms with Crippen LogP contribution in [0.5, 0.6) is 11.5 Å². The lowest BCUT2D eigenvalue weighted by atomic mass is 10.2. The van der Waals surface area contributed by atoms with Crippen LogP contribution in [-0.2, 0) is 11.3 Å². The standard InChI is InChI=1S/C17H13ClN6O3/c18-13-7-15-14(26-10-27-15)6-12(13)8-19-20-16(25)9-24-22-17(21-23-24)11-4-2-1-3-5-11/h1-8H,9-10H2,(H,20,25)/b19-8+. The number of hydrogen-bond acceptors (Lipinski definition) is 7. The summed E-state index contributed by atoms with van der Waals surface area (Å²) in [6.45, 7) is 0.0327. The lowest BCUT2D eigenvalue weighted by Crippen LogP contribution is -2.24. The fourth-order valence-corrected chi connectivity index (χ4v) is 2.58. The van der Waals surface area contributed by atoms with E-state index in [2.05, 4.69) is 25.9 Å². The molecule has 1 aliphatic heterocycles. The van der Waals surface area contributed by atoms with Crippen molar-refractivity contribution < 1.29 is 14.3 Å². The number of hydrazone groups is 1. The van der Waals surface area contributed by atoms with Crippen LogP contribution in [0.1, 0.15) is 5.56 Å². The molecule has 0 spiro atoms. The van der Waals surface area contributed by atoms with Crippen molar-refractivity contribution >= 4 is 23.7 Å². The third-order valence-corrected chi connectivity index (χ3v) is 3.98. The number of carbonyl (C=O) groups is 1. The Balaban J connectivity index is 1.36. The SMILES string of the molecule is O=C(Cn1nnc(-c2ccccc2)n1)N/N=C/c1cc2c(cc1Cl)OCO2. The molecule has 0 fully saturated rings. The minimum absolute atomic E-state index is 0.119. The Hall–Kier alpha value is -3.46. The van der Waals surface area contributed by atoms with Crippen molar-refractivity contribution in [3.8, 4) is 22.9 Å². The molecule has 1 N–H and O–H groups in total. The minimum Gasteiger partial charge on any atom is -0.454 e. The summed E-state index contributed by atoms with van der Waals surface area (Å²) in [4.78, 5) is 13.2. The fourth-order valence-electron chi connectivity index (χ4n) is 2.38. The molecule has 3 aromatic rings. The van der Waals surface area contributed by atoms with Crippen LogP contribution >= 0.6 is 11.6 Å². The highest BCUT2D eigenvalue weighted by Gasteiger charge is 2.15. The maximum absolute atomic E-state index is 12.0. The van der Waals surface area contributed by atoms with Gasteiger partial charge in [0.2, 0.25) is 12.6 Å². The van der Waals surface area contributed by atoms with Gasteiger partial charge < -0.3 is 9.47 Å². The predicted octanol–water partition coefficient (Wildman–Crippen LogP) is 1.87. The van der Waals surface area contributed by atoms with Crippen molar-refractivity contribution in [2.75, 3.05) is 6.79 Å². The molecule has 0 unspecified atom stereocenters. The molecule has 9 nitrogen and oxygen atoms in total. The fraction of sp³-hybridized carbons (Fsp3) is 0.118. The maximum atomic E-state index is 12.0. The van der Waals surface area contributed by atoms with Gasteiger partial charge in [0, 0.05) is 17.2 Å². The smallest absolute Gasteiger partial charge is 0.263 e.